The number of nitriles is 1. The van der Waals surface area contributed by atoms with Crippen LogP contribution in [0.4, 0.5) is 17.5 Å². The van der Waals surface area contributed by atoms with Crippen molar-refractivity contribution in [2.45, 2.75) is 0 Å². The molecule has 1 aromatic heterocycles. The van der Waals surface area contributed by atoms with Crippen molar-refractivity contribution in [3.63, 3.8) is 0 Å². The van der Waals surface area contributed by atoms with Crippen molar-refractivity contribution in [3.8, 4) is 6.07 Å². The minimum atomic E-state index is 0.597. The van der Waals surface area contributed by atoms with E-state index in [1.54, 1.807) is 18.3 Å². The fourth-order valence-corrected chi connectivity index (χ4v) is 3.34. The van der Waals surface area contributed by atoms with Crippen molar-refractivity contribution in [3.05, 3.63) is 78.0 Å². The van der Waals surface area contributed by atoms with Crippen LogP contribution in [0.25, 0.3) is 6.08 Å². The number of hydrogen-bond donors (Lipinski definition) is 1. The number of hydrogen-bond acceptors (Lipinski definition) is 7. The van der Waals surface area contributed by atoms with Gasteiger partial charge in [0.05, 0.1) is 17.8 Å². The SMILES string of the molecule is N#Cc1cccc(Nc2cnnc(N3CCN(C/C=C/c4ccccc4)CC3)n2)c1. The largest absolute Gasteiger partial charge is 0.339 e. The molecule has 7 heteroatoms. The summed E-state index contributed by atoms with van der Waals surface area (Å²) in [4.78, 5) is 9.17. The first-order valence-electron chi connectivity index (χ1n) is 9.96. The van der Waals surface area contributed by atoms with E-state index in [1.807, 2.05) is 18.2 Å². The summed E-state index contributed by atoms with van der Waals surface area (Å²) in [6.45, 7) is 4.54. The van der Waals surface area contributed by atoms with Crippen LogP contribution in [-0.4, -0.2) is 52.8 Å². The van der Waals surface area contributed by atoms with Crippen LogP contribution in [-0.2, 0) is 0 Å². The van der Waals surface area contributed by atoms with E-state index in [-0.39, 0.29) is 0 Å². The lowest BCUT2D eigenvalue weighted by atomic mass is 10.2. The van der Waals surface area contributed by atoms with Gasteiger partial charge in [0, 0.05) is 38.4 Å². The van der Waals surface area contributed by atoms with Gasteiger partial charge in [0.2, 0.25) is 5.95 Å². The monoisotopic (exact) mass is 397 g/mol. The maximum atomic E-state index is 9.05. The average Bonchev–Trinajstić information content (AvgIpc) is 2.80. The Hall–Kier alpha value is -3.76. The summed E-state index contributed by atoms with van der Waals surface area (Å²) in [6.07, 6.45) is 5.96. The van der Waals surface area contributed by atoms with Crippen molar-refractivity contribution in [1.82, 2.24) is 20.1 Å². The summed E-state index contributed by atoms with van der Waals surface area (Å²) in [5.74, 6) is 1.24. The summed E-state index contributed by atoms with van der Waals surface area (Å²) in [7, 11) is 0. The van der Waals surface area contributed by atoms with Crippen LogP contribution in [0.1, 0.15) is 11.1 Å². The molecule has 1 saturated heterocycles. The molecule has 0 amide bonds. The van der Waals surface area contributed by atoms with Crippen LogP contribution in [0, 0.1) is 11.3 Å². The van der Waals surface area contributed by atoms with Crippen LogP contribution >= 0.6 is 0 Å². The summed E-state index contributed by atoms with van der Waals surface area (Å²) in [5.41, 5.74) is 2.62. The first-order chi connectivity index (χ1) is 14.8. The molecular weight excluding hydrogens is 374 g/mol. The minimum absolute atomic E-state index is 0.597. The minimum Gasteiger partial charge on any atom is -0.339 e. The van der Waals surface area contributed by atoms with Gasteiger partial charge in [0.25, 0.3) is 0 Å². The third-order valence-electron chi connectivity index (χ3n) is 4.94. The number of nitrogens with one attached hydrogen (secondary N) is 1. The second kappa shape index (κ2) is 9.63. The van der Waals surface area contributed by atoms with Crippen molar-refractivity contribution >= 4 is 23.5 Å². The number of benzene rings is 2. The standard InChI is InChI=1S/C23H23N7/c24-17-20-8-4-10-21(16-20)26-22-18-25-28-23(27-22)30-14-12-29(13-15-30)11-5-9-19-6-2-1-3-7-19/h1-10,16,18H,11-15H2,(H,26,27,28)/b9-5+. The maximum Gasteiger partial charge on any atom is 0.247 e. The first-order valence-corrected chi connectivity index (χ1v) is 9.96. The van der Waals surface area contributed by atoms with Crippen LogP contribution < -0.4 is 10.2 Å². The molecule has 1 aliphatic heterocycles. The Labute approximate surface area is 176 Å². The molecule has 2 heterocycles. The molecule has 3 aromatic rings. The number of aromatic nitrogens is 3. The number of anilines is 3. The number of nitrogens with zero attached hydrogens (tertiary/aromatic N) is 6. The summed E-state index contributed by atoms with van der Waals surface area (Å²) < 4.78 is 0. The van der Waals surface area contributed by atoms with Gasteiger partial charge in [-0.3, -0.25) is 4.90 Å². The van der Waals surface area contributed by atoms with E-state index in [0.717, 1.165) is 38.4 Å². The number of piperazine rings is 1. The molecule has 1 aliphatic rings. The van der Waals surface area contributed by atoms with Crippen LogP contribution in [0.3, 0.4) is 0 Å². The van der Waals surface area contributed by atoms with E-state index in [2.05, 4.69) is 72.8 Å². The van der Waals surface area contributed by atoms with Crippen LogP contribution in [0.15, 0.2) is 66.9 Å². The van der Waals surface area contributed by atoms with Gasteiger partial charge in [-0.2, -0.15) is 15.3 Å². The molecule has 0 unspecified atom stereocenters. The average molecular weight is 397 g/mol. The summed E-state index contributed by atoms with van der Waals surface area (Å²) >= 11 is 0. The number of rotatable bonds is 6. The normalized spacial score (nSPS) is 14.6. The zero-order chi connectivity index (χ0) is 20.6. The highest BCUT2D eigenvalue weighted by Gasteiger charge is 2.18. The lowest BCUT2D eigenvalue weighted by molar-refractivity contribution is 0.282. The van der Waals surface area contributed by atoms with E-state index in [0.29, 0.717) is 17.3 Å². The lowest BCUT2D eigenvalue weighted by Gasteiger charge is -2.33. The molecule has 4 rings (SSSR count). The van der Waals surface area contributed by atoms with Crippen molar-refractivity contribution < 1.29 is 0 Å². The second-order valence-corrected chi connectivity index (χ2v) is 7.06. The van der Waals surface area contributed by atoms with Gasteiger partial charge >= 0.3 is 0 Å². The summed E-state index contributed by atoms with van der Waals surface area (Å²) in [5, 5.41) is 20.5. The zero-order valence-corrected chi connectivity index (χ0v) is 16.6. The molecule has 150 valence electrons. The maximum absolute atomic E-state index is 9.05. The highest BCUT2D eigenvalue weighted by molar-refractivity contribution is 5.58. The Morgan fingerprint density at radius 2 is 1.87 bits per heavy atom. The molecular formula is C23H23N7. The van der Waals surface area contributed by atoms with Crippen molar-refractivity contribution in [2.75, 3.05) is 42.9 Å². The molecule has 0 bridgehead atoms. The Morgan fingerprint density at radius 1 is 1.03 bits per heavy atom. The molecule has 0 spiro atoms. The van der Waals surface area contributed by atoms with Gasteiger partial charge in [-0.1, -0.05) is 48.6 Å². The van der Waals surface area contributed by atoms with Crippen LogP contribution in [0.2, 0.25) is 0 Å². The van der Waals surface area contributed by atoms with Gasteiger partial charge in [-0.15, -0.1) is 5.10 Å². The van der Waals surface area contributed by atoms with Crippen molar-refractivity contribution in [2.24, 2.45) is 0 Å². The van der Waals surface area contributed by atoms with Gasteiger partial charge in [0.1, 0.15) is 0 Å². The highest BCUT2D eigenvalue weighted by Crippen LogP contribution is 2.18. The third-order valence-corrected chi connectivity index (χ3v) is 4.94. The van der Waals surface area contributed by atoms with E-state index < -0.39 is 0 Å². The molecule has 1 fully saturated rings. The van der Waals surface area contributed by atoms with E-state index in [4.69, 9.17) is 5.26 Å². The van der Waals surface area contributed by atoms with Crippen molar-refractivity contribution in [1.29, 1.82) is 5.26 Å². The molecule has 1 N–H and O–H groups in total. The molecule has 0 atom stereocenters. The Balaban J connectivity index is 1.32. The molecule has 2 aromatic carbocycles. The molecule has 7 nitrogen and oxygen atoms in total. The van der Waals surface area contributed by atoms with E-state index in [9.17, 15) is 0 Å². The Morgan fingerprint density at radius 3 is 2.67 bits per heavy atom. The van der Waals surface area contributed by atoms with Crippen LogP contribution in [0.5, 0.6) is 0 Å². The smallest absolute Gasteiger partial charge is 0.247 e. The van der Waals surface area contributed by atoms with Gasteiger partial charge in [0.15, 0.2) is 5.82 Å². The van der Waals surface area contributed by atoms with Gasteiger partial charge in [-0.05, 0) is 23.8 Å². The topological polar surface area (TPSA) is 81.0 Å². The van der Waals surface area contributed by atoms with E-state index in [1.165, 1.54) is 5.56 Å². The highest BCUT2D eigenvalue weighted by atomic mass is 15.4. The predicted molar refractivity (Wildman–Crippen MR) is 118 cm³/mol. The van der Waals surface area contributed by atoms with E-state index >= 15 is 0 Å². The second-order valence-electron chi connectivity index (χ2n) is 7.06. The summed E-state index contributed by atoms with van der Waals surface area (Å²) in [6, 6.07) is 19.8. The zero-order valence-electron chi connectivity index (χ0n) is 16.6. The molecule has 0 radical (unpaired) electrons. The fraction of sp³-hybridized carbons (Fsp3) is 0.217. The predicted octanol–water partition coefficient (Wildman–Crippen LogP) is 3.32. The molecule has 30 heavy (non-hydrogen) atoms. The molecule has 0 aliphatic carbocycles. The van der Waals surface area contributed by atoms with Gasteiger partial charge < -0.3 is 10.2 Å². The van der Waals surface area contributed by atoms with Gasteiger partial charge in [-0.25, -0.2) is 0 Å². The first kappa shape index (κ1) is 19.6. The Bertz CT molecular complexity index is 1030. The molecule has 0 saturated carbocycles. The third kappa shape index (κ3) is 5.19. The fourth-order valence-electron chi connectivity index (χ4n) is 3.34. The quantitative estimate of drug-likeness (QED) is 0.683. The lowest BCUT2D eigenvalue weighted by Crippen LogP contribution is -2.47. The Kier molecular flexibility index (Phi) is 6.28.